The molecule has 0 aromatic carbocycles. The number of hydrogen-bond acceptors (Lipinski definition) is 3. The van der Waals surface area contributed by atoms with Crippen LogP contribution < -0.4 is 0 Å². The molecule has 0 N–H and O–H groups in total. The topological polar surface area (TPSA) is 50.3 Å². The van der Waals surface area contributed by atoms with Crippen LogP contribution in [-0.4, -0.2) is 29.4 Å². The van der Waals surface area contributed by atoms with E-state index in [0.717, 1.165) is 5.56 Å². The van der Waals surface area contributed by atoms with Crippen molar-refractivity contribution in [1.82, 2.24) is 9.29 Å². The summed E-state index contributed by atoms with van der Waals surface area (Å²) in [5.41, 5.74) is 0.875. The molecular weight excluding hydrogens is 268 g/mol. The first-order valence-electron chi connectivity index (χ1n) is 3.95. The molecule has 0 aliphatic heterocycles. The first kappa shape index (κ1) is 11.6. The normalized spacial score (nSPS) is 11.9. The molecule has 0 saturated carbocycles. The molecule has 1 aromatic rings. The number of halogens is 1. The highest BCUT2D eigenvalue weighted by molar-refractivity contribution is 9.10. The molecule has 4 nitrogen and oxygen atoms in total. The minimum atomic E-state index is -3.17. The van der Waals surface area contributed by atoms with Crippen molar-refractivity contribution in [2.75, 3.05) is 11.7 Å². The van der Waals surface area contributed by atoms with E-state index in [0.29, 0.717) is 6.54 Å². The number of pyridine rings is 1. The van der Waals surface area contributed by atoms with E-state index in [1.807, 2.05) is 6.07 Å². The number of hydrogen-bond donors (Lipinski definition) is 0. The van der Waals surface area contributed by atoms with Crippen molar-refractivity contribution in [3.05, 3.63) is 30.1 Å². The molecule has 6 heteroatoms. The Hall–Kier alpha value is -0.460. The van der Waals surface area contributed by atoms with E-state index < -0.39 is 10.0 Å². The Bertz CT molecular complexity index is 380. The first-order chi connectivity index (χ1) is 6.56. The third-order valence-electron chi connectivity index (χ3n) is 1.74. The zero-order chi connectivity index (χ0) is 10.6. The van der Waals surface area contributed by atoms with Gasteiger partial charge in [0.25, 0.3) is 0 Å². The van der Waals surface area contributed by atoms with Crippen LogP contribution in [0.4, 0.5) is 0 Å². The van der Waals surface area contributed by atoms with Crippen LogP contribution in [0.3, 0.4) is 0 Å². The SMILES string of the molecule is CN(Cc1cccnc1)S(=O)(=O)CBr. The highest BCUT2D eigenvalue weighted by Crippen LogP contribution is 2.07. The van der Waals surface area contributed by atoms with Gasteiger partial charge in [-0.2, -0.15) is 4.31 Å². The van der Waals surface area contributed by atoms with E-state index >= 15 is 0 Å². The predicted octanol–water partition coefficient (Wildman–Crippen LogP) is 1.20. The second-order valence-corrected chi connectivity index (χ2v) is 6.22. The standard InChI is InChI=1S/C8H11BrN2O2S/c1-11(14(12,13)7-9)6-8-3-2-4-10-5-8/h2-5H,6-7H2,1H3. The number of alkyl halides is 1. The Kier molecular flexibility index (Phi) is 4.03. The van der Waals surface area contributed by atoms with Crippen LogP contribution in [-0.2, 0) is 16.6 Å². The molecule has 1 rings (SSSR count). The van der Waals surface area contributed by atoms with Gasteiger partial charge in [0.05, 0.1) is 0 Å². The van der Waals surface area contributed by atoms with Gasteiger partial charge in [0, 0.05) is 26.0 Å². The van der Waals surface area contributed by atoms with Crippen LogP contribution >= 0.6 is 15.9 Å². The van der Waals surface area contributed by atoms with Gasteiger partial charge in [-0.1, -0.05) is 22.0 Å². The maximum atomic E-state index is 11.4. The average Bonchev–Trinajstić information content (AvgIpc) is 2.19. The molecule has 1 heterocycles. The summed E-state index contributed by atoms with van der Waals surface area (Å²) in [7, 11) is -1.63. The van der Waals surface area contributed by atoms with Crippen LogP contribution in [0, 0.1) is 0 Å². The van der Waals surface area contributed by atoms with Gasteiger partial charge in [0.2, 0.25) is 10.0 Å². The second-order valence-electron chi connectivity index (χ2n) is 2.84. The zero-order valence-electron chi connectivity index (χ0n) is 7.72. The lowest BCUT2D eigenvalue weighted by Gasteiger charge is -2.14. The molecule has 78 valence electrons. The number of sulfonamides is 1. The Balaban J connectivity index is 2.72. The summed E-state index contributed by atoms with van der Waals surface area (Å²) in [4.78, 5) is 3.91. The van der Waals surface area contributed by atoms with E-state index in [9.17, 15) is 8.42 Å². The molecule has 0 spiro atoms. The minimum absolute atomic E-state index is 0.0588. The van der Waals surface area contributed by atoms with Gasteiger partial charge in [0.15, 0.2) is 0 Å². The molecule has 0 bridgehead atoms. The van der Waals surface area contributed by atoms with Crippen molar-refractivity contribution in [1.29, 1.82) is 0 Å². The molecule has 0 aliphatic rings. The van der Waals surface area contributed by atoms with Crippen molar-refractivity contribution < 1.29 is 8.42 Å². The lowest BCUT2D eigenvalue weighted by molar-refractivity contribution is 0.471. The molecule has 0 radical (unpaired) electrons. The first-order valence-corrected chi connectivity index (χ1v) is 6.68. The van der Waals surface area contributed by atoms with Gasteiger partial charge in [-0.25, -0.2) is 8.42 Å². The Morgan fingerprint density at radius 1 is 1.57 bits per heavy atom. The van der Waals surface area contributed by atoms with Gasteiger partial charge in [-0.3, -0.25) is 4.98 Å². The number of rotatable bonds is 4. The second kappa shape index (κ2) is 4.86. The van der Waals surface area contributed by atoms with E-state index in [2.05, 4.69) is 20.9 Å². The quantitative estimate of drug-likeness (QED) is 0.778. The van der Waals surface area contributed by atoms with Gasteiger partial charge in [-0.05, 0) is 11.6 Å². The monoisotopic (exact) mass is 278 g/mol. The predicted molar refractivity (Wildman–Crippen MR) is 58.4 cm³/mol. The van der Waals surface area contributed by atoms with E-state index in [-0.39, 0.29) is 4.66 Å². The fourth-order valence-electron chi connectivity index (χ4n) is 0.930. The van der Waals surface area contributed by atoms with Gasteiger partial charge >= 0.3 is 0 Å². The van der Waals surface area contributed by atoms with Crippen molar-refractivity contribution in [2.45, 2.75) is 6.54 Å². The lowest BCUT2D eigenvalue weighted by atomic mass is 10.3. The summed E-state index contributed by atoms with van der Waals surface area (Å²) in [5.74, 6) is 0. The molecular formula is C8H11BrN2O2S. The van der Waals surface area contributed by atoms with Gasteiger partial charge < -0.3 is 0 Å². The third-order valence-corrected chi connectivity index (χ3v) is 4.83. The number of nitrogens with zero attached hydrogens (tertiary/aromatic N) is 2. The van der Waals surface area contributed by atoms with Crippen molar-refractivity contribution >= 4 is 26.0 Å². The summed E-state index contributed by atoms with van der Waals surface area (Å²) in [5, 5.41) is 0. The zero-order valence-corrected chi connectivity index (χ0v) is 10.1. The molecule has 0 aliphatic carbocycles. The van der Waals surface area contributed by atoms with Crippen LogP contribution in [0.2, 0.25) is 0 Å². The Labute approximate surface area is 92.1 Å². The maximum Gasteiger partial charge on any atom is 0.224 e. The fourth-order valence-corrected chi connectivity index (χ4v) is 2.49. The molecule has 0 unspecified atom stereocenters. The molecule has 0 atom stereocenters. The molecule has 14 heavy (non-hydrogen) atoms. The van der Waals surface area contributed by atoms with Gasteiger partial charge in [-0.15, -0.1) is 0 Å². The van der Waals surface area contributed by atoms with Gasteiger partial charge in [0.1, 0.15) is 4.66 Å². The smallest absolute Gasteiger partial charge is 0.224 e. The minimum Gasteiger partial charge on any atom is -0.264 e. The van der Waals surface area contributed by atoms with Crippen molar-refractivity contribution in [2.24, 2.45) is 0 Å². The summed E-state index contributed by atoms with van der Waals surface area (Å²) < 4.78 is 24.0. The Morgan fingerprint density at radius 2 is 2.29 bits per heavy atom. The summed E-state index contributed by atoms with van der Waals surface area (Å²) in [6.45, 7) is 0.349. The lowest BCUT2D eigenvalue weighted by Crippen LogP contribution is -2.27. The molecule has 0 amide bonds. The van der Waals surface area contributed by atoms with E-state index in [4.69, 9.17) is 0 Å². The van der Waals surface area contributed by atoms with E-state index in [1.54, 1.807) is 25.5 Å². The van der Waals surface area contributed by atoms with Crippen LogP contribution in [0.15, 0.2) is 24.5 Å². The largest absolute Gasteiger partial charge is 0.264 e. The maximum absolute atomic E-state index is 11.4. The third kappa shape index (κ3) is 3.04. The summed E-state index contributed by atoms with van der Waals surface area (Å²) in [6.07, 6.45) is 3.31. The van der Waals surface area contributed by atoms with E-state index in [1.165, 1.54) is 4.31 Å². The number of aromatic nitrogens is 1. The Morgan fingerprint density at radius 3 is 2.79 bits per heavy atom. The molecule has 0 fully saturated rings. The average molecular weight is 279 g/mol. The van der Waals surface area contributed by atoms with Crippen LogP contribution in [0.5, 0.6) is 0 Å². The summed E-state index contributed by atoms with van der Waals surface area (Å²) in [6, 6.07) is 3.62. The molecule has 1 aromatic heterocycles. The van der Waals surface area contributed by atoms with Crippen LogP contribution in [0.25, 0.3) is 0 Å². The summed E-state index contributed by atoms with van der Waals surface area (Å²) >= 11 is 2.94. The highest BCUT2D eigenvalue weighted by atomic mass is 79.9. The highest BCUT2D eigenvalue weighted by Gasteiger charge is 2.15. The van der Waals surface area contributed by atoms with Crippen molar-refractivity contribution in [3.63, 3.8) is 0 Å². The molecule has 0 saturated heterocycles. The fraction of sp³-hybridized carbons (Fsp3) is 0.375. The van der Waals surface area contributed by atoms with Crippen LogP contribution in [0.1, 0.15) is 5.56 Å². The van der Waals surface area contributed by atoms with Crippen molar-refractivity contribution in [3.8, 4) is 0 Å².